The van der Waals surface area contributed by atoms with E-state index < -0.39 is 65.5 Å². The molecule has 1 rings (SSSR count). The zero-order valence-corrected chi connectivity index (χ0v) is 14.2. The van der Waals surface area contributed by atoms with Gasteiger partial charge < -0.3 is 0 Å². The van der Waals surface area contributed by atoms with Crippen LogP contribution in [-0.4, -0.2) is 65.5 Å². The summed E-state index contributed by atoms with van der Waals surface area (Å²) in [6.45, 7) is 0. The lowest BCUT2D eigenvalue weighted by atomic mass is 9.63. The molecule has 0 amide bonds. The Morgan fingerprint density at radius 3 is 0.794 bits per heavy atom. The molecule has 0 aliphatic heterocycles. The van der Waals surface area contributed by atoms with Gasteiger partial charge in [-0.3, -0.25) is 4.74 Å². The third-order valence-corrected chi connectivity index (χ3v) is 4.34. The third-order valence-electron chi connectivity index (χ3n) is 4.34. The molecule has 204 valence electrons. The van der Waals surface area contributed by atoms with Crippen molar-refractivity contribution in [2.24, 2.45) is 0 Å². The summed E-state index contributed by atoms with van der Waals surface area (Å²) < 4.78 is 291. The van der Waals surface area contributed by atoms with E-state index in [-0.39, 0.29) is 0 Å². The summed E-state index contributed by atoms with van der Waals surface area (Å²) in [5, 5.41) is 0. The SMILES string of the molecule is FC(F)(F)C(F)(F)OC(C(F)(F)F)(C(F)(F)F)C1(F)C(F)(F)C(F)(F)C(F)(F)C(F)(F)C1(F)F. The van der Waals surface area contributed by atoms with Crippen LogP contribution in [0.4, 0.5) is 96.6 Å². The molecular formula is C11F22O. The van der Waals surface area contributed by atoms with Crippen LogP contribution in [0.2, 0.25) is 0 Å². The van der Waals surface area contributed by atoms with Crippen LogP contribution < -0.4 is 0 Å². The summed E-state index contributed by atoms with van der Waals surface area (Å²) in [6.07, 6.45) is -34.3. The monoisotopic (exact) mass is 566 g/mol. The van der Waals surface area contributed by atoms with Crippen molar-refractivity contribution in [3.63, 3.8) is 0 Å². The fourth-order valence-electron chi connectivity index (χ4n) is 2.65. The predicted octanol–water partition coefficient (Wildman–Crippen LogP) is 6.92. The van der Waals surface area contributed by atoms with Crippen LogP contribution in [0.15, 0.2) is 0 Å². The first kappa shape index (κ1) is 30.5. The number of hydrogen-bond acceptors (Lipinski definition) is 1. The van der Waals surface area contributed by atoms with Crippen LogP contribution in [0.25, 0.3) is 0 Å². The van der Waals surface area contributed by atoms with Crippen molar-refractivity contribution in [2.45, 2.75) is 65.5 Å². The molecule has 0 unspecified atom stereocenters. The van der Waals surface area contributed by atoms with Crippen molar-refractivity contribution in [1.29, 1.82) is 0 Å². The van der Waals surface area contributed by atoms with Crippen LogP contribution in [0.5, 0.6) is 0 Å². The van der Waals surface area contributed by atoms with Crippen LogP contribution in [0, 0.1) is 0 Å². The molecule has 0 bridgehead atoms. The smallest absolute Gasteiger partial charge is 0.284 e. The van der Waals surface area contributed by atoms with Gasteiger partial charge in [-0.25, -0.2) is 4.39 Å². The number of hydrogen-bond donors (Lipinski definition) is 0. The molecule has 0 radical (unpaired) electrons. The molecule has 1 aliphatic carbocycles. The molecule has 0 saturated heterocycles. The molecule has 0 atom stereocenters. The van der Waals surface area contributed by atoms with Gasteiger partial charge in [-0.2, -0.15) is 92.2 Å². The Morgan fingerprint density at radius 1 is 0.353 bits per heavy atom. The first-order chi connectivity index (χ1) is 14.2. The van der Waals surface area contributed by atoms with E-state index in [0.717, 1.165) is 4.74 Å². The lowest BCUT2D eigenvalue weighted by Crippen LogP contribution is -2.92. The van der Waals surface area contributed by atoms with Crippen LogP contribution >= 0.6 is 0 Å². The second-order valence-electron chi connectivity index (χ2n) is 6.32. The maximum atomic E-state index is 14.6. The number of halogens is 22. The summed E-state index contributed by atoms with van der Waals surface area (Å²) in [5.41, 5.74) is -18.9. The third kappa shape index (κ3) is 2.95. The van der Waals surface area contributed by atoms with E-state index in [0.29, 0.717) is 0 Å². The van der Waals surface area contributed by atoms with E-state index in [9.17, 15) is 96.6 Å². The molecule has 0 aromatic rings. The van der Waals surface area contributed by atoms with Crippen molar-refractivity contribution in [1.82, 2.24) is 0 Å². The van der Waals surface area contributed by atoms with Gasteiger partial charge >= 0.3 is 59.9 Å². The van der Waals surface area contributed by atoms with Gasteiger partial charge in [0.25, 0.3) is 5.67 Å². The van der Waals surface area contributed by atoms with E-state index >= 15 is 0 Å². The Kier molecular flexibility index (Phi) is 6.08. The van der Waals surface area contributed by atoms with Gasteiger partial charge in [0, 0.05) is 0 Å². The molecular weight excluding hydrogens is 566 g/mol. The topological polar surface area (TPSA) is 9.23 Å². The molecule has 0 aromatic heterocycles. The number of ether oxygens (including phenoxy) is 1. The molecule has 0 N–H and O–H groups in total. The van der Waals surface area contributed by atoms with Gasteiger partial charge in [0.15, 0.2) is 0 Å². The quantitative estimate of drug-likeness (QED) is 0.338. The van der Waals surface area contributed by atoms with Crippen molar-refractivity contribution >= 4 is 0 Å². The molecule has 23 heteroatoms. The van der Waals surface area contributed by atoms with Gasteiger partial charge in [0.1, 0.15) is 0 Å². The molecule has 0 aromatic carbocycles. The number of alkyl halides is 22. The highest BCUT2D eigenvalue weighted by atomic mass is 19.4. The second kappa shape index (κ2) is 6.79. The van der Waals surface area contributed by atoms with Gasteiger partial charge in [-0.1, -0.05) is 0 Å². The highest BCUT2D eigenvalue weighted by Gasteiger charge is 3.09. The van der Waals surface area contributed by atoms with Crippen molar-refractivity contribution < 1.29 is 101 Å². The minimum absolute atomic E-state index is 0.933. The van der Waals surface area contributed by atoms with E-state index in [1.807, 2.05) is 0 Å². The largest absolute Gasteiger partial charge is 0.483 e. The molecule has 34 heavy (non-hydrogen) atoms. The Labute approximate surface area is 168 Å². The Balaban J connectivity index is 4.52. The van der Waals surface area contributed by atoms with E-state index in [1.54, 1.807) is 0 Å². The fourth-order valence-corrected chi connectivity index (χ4v) is 2.65. The maximum Gasteiger partial charge on any atom is 0.483 e. The molecule has 0 spiro atoms. The molecule has 1 nitrogen and oxygen atoms in total. The minimum atomic E-state index is -9.55. The summed E-state index contributed by atoms with van der Waals surface area (Å²) >= 11 is 0. The average molecular weight is 566 g/mol. The second-order valence-corrected chi connectivity index (χ2v) is 6.32. The zero-order valence-electron chi connectivity index (χ0n) is 14.2. The van der Waals surface area contributed by atoms with E-state index in [4.69, 9.17) is 0 Å². The highest BCUT2D eigenvalue weighted by molar-refractivity contribution is 5.34. The zero-order chi connectivity index (χ0) is 28.2. The first-order valence-electron chi connectivity index (χ1n) is 7.07. The summed E-state index contributed by atoms with van der Waals surface area (Å²) in [6, 6.07) is 0. The summed E-state index contributed by atoms with van der Waals surface area (Å²) in [5.74, 6) is -44.2. The molecule has 1 saturated carbocycles. The average Bonchev–Trinajstić information content (AvgIpc) is 2.53. The van der Waals surface area contributed by atoms with Crippen molar-refractivity contribution in [2.75, 3.05) is 0 Å². The Hall–Kier alpha value is -1.58. The van der Waals surface area contributed by atoms with Crippen molar-refractivity contribution in [3.05, 3.63) is 0 Å². The maximum absolute atomic E-state index is 14.6. The van der Waals surface area contributed by atoms with E-state index in [1.165, 1.54) is 0 Å². The fraction of sp³-hybridized carbons (Fsp3) is 1.00. The first-order valence-corrected chi connectivity index (χ1v) is 7.07. The van der Waals surface area contributed by atoms with Gasteiger partial charge in [-0.05, 0) is 0 Å². The summed E-state index contributed by atoms with van der Waals surface area (Å²) in [7, 11) is 0. The Bertz CT molecular complexity index is 749. The lowest BCUT2D eigenvalue weighted by molar-refractivity contribution is -0.565. The van der Waals surface area contributed by atoms with Crippen LogP contribution in [0.1, 0.15) is 0 Å². The molecule has 0 heterocycles. The molecule has 1 fully saturated rings. The van der Waals surface area contributed by atoms with Gasteiger partial charge in [0.05, 0.1) is 0 Å². The van der Waals surface area contributed by atoms with Crippen molar-refractivity contribution in [3.8, 4) is 0 Å². The summed E-state index contributed by atoms with van der Waals surface area (Å²) in [4.78, 5) is 0. The normalized spacial score (nSPS) is 26.3. The van der Waals surface area contributed by atoms with Crippen LogP contribution in [-0.2, 0) is 4.74 Å². The van der Waals surface area contributed by atoms with Gasteiger partial charge in [-0.15, -0.1) is 0 Å². The molecule has 1 aliphatic rings. The minimum Gasteiger partial charge on any atom is -0.284 e. The van der Waals surface area contributed by atoms with Crippen LogP contribution in [0.3, 0.4) is 0 Å². The predicted molar refractivity (Wildman–Crippen MR) is 55.5 cm³/mol. The lowest BCUT2D eigenvalue weighted by Gasteiger charge is -2.58. The Morgan fingerprint density at radius 2 is 0.588 bits per heavy atom. The standard InChI is InChI=1S/C11F22O/c12-1(3(13,14)5(17,18)7(21,22)6(19,20)4(1,15)16)2(8(23,24)25,9(26,27)28)34-11(32,33)10(29,30)31. The van der Waals surface area contributed by atoms with Gasteiger partial charge in [0.2, 0.25) is 0 Å². The highest BCUT2D eigenvalue weighted by Crippen LogP contribution is 2.75. The number of rotatable bonds is 3. The van der Waals surface area contributed by atoms with E-state index in [2.05, 4.69) is 0 Å².